The van der Waals surface area contributed by atoms with Crippen LogP contribution in [0.5, 0.6) is 11.5 Å². The van der Waals surface area contributed by atoms with E-state index < -0.39 is 6.10 Å². The summed E-state index contributed by atoms with van der Waals surface area (Å²) < 4.78 is 5.32. The first kappa shape index (κ1) is 10.5. The lowest BCUT2D eigenvalue weighted by Gasteiger charge is -2.13. The molecule has 0 fully saturated rings. The summed E-state index contributed by atoms with van der Waals surface area (Å²) in [4.78, 5) is 0. The number of phenolic OH excluding ortho intramolecular Hbond substituents is 1. The fourth-order valence-electron chi connectivity index (χ4n) is 1.68. The normalized spacial score (nSPS) is 15.9. The summed E-state index contributed by atoms with van der Waals surface area (Å²) >= 11 is 5.96. The number of benzene rings is 1. The Hall–Kier alpha value is -0.970. The van der Waals surface area contributed by atoms with E-state index in [1.54, 1.807) is 6.07 Å². The third-order valence-electron chi connectivity index (χ3n) is 2.52. The minimum atomic E-state index is -0.919. The molecule has 1 unspecified atom stereocenters. The number of hydrogen-bond acceptors (Lipinski definition) is 4. The van der Waals surface area contributed by atoms with Crippen LogP contribution in [0.2, 0.25) is 5.02 Å². The van der Waals surface area contributed by atoms with Crippen molar-refractivity contribution in [1.82, 2.24) is 0 Å². The second kappa shape index (κ2) is 3.89. The van der Waals surface area contributed by atoms with Crippen LogP contribution in [0.25, 0.3) is 0 Å². The standard InChI is InChI=1S/C10H12ClNO3/c11-9-5-1-2-15-8(5)3-6(10(9)14)7(13)4-12/h3,7,13-14H,1-2,4,12H2. The molecule has 5 heteroatoms. The molecular weight excluding hydrogens is 218 g/mol. The highest BCUT2D eigenvalue weighted by Gasteiger charge is 2.23. The van der Waals surface area contributed by atoms with Gasteiger partial charge in [-0.05, 0) is 6.07 Å². The zero-order valence-electron chi connectivity index (χ0n) is 8.03. The van der Waals surface area contributed by atoms with Crippen molar-refractivity contribution in [3.05, 3.63) is 22.2 Å². The van der Waals surface area contributed by atoms with Crippen LogP contribution in [-0.2, 0) is 6.42 Å². The molecule has 4 N–H and O–H groups in total. The van der Waals surface area contributed by atoms with Crippen molar-refractivity contribution in [3.63, 3.8) is 0 Å². The van der Waals surface area contributed by atoms with Crippen LogP contribution in [0.15, 0.2) is 6.07 Å². The summed E-state index contributed by atoms with van der Waals surface area (Å²) in [7, 11) is 0. The summed E-state index contributed by atoms with van der Waals surface area (Å²) in [6, 6.07) is 1.60. The number of ether oxygens (including phenoxy) is 1. The van der Waals surface area contributed by atoms with Gasteiger partial charge in [0.15, 0.2) is 0 Å². The fourth-order valence-corrected chi connectivity index (χ4v) is 1.98. The molecule has 1 aliphatic heterocycles. The Morgan fingerprint density at radius 3 is 3.00 bits per heavy atom. The molecule has 2 rings (SSSR count). The van der Waals surface area contributed by atoms with Gasteiger partial charge in [-0.2, -0.15) is 0 Å². The van der Waals surface area contributed by atoms with Crippen molar-refractivity contribution >= 4 is 11.6 Å². The predicted octanol–water partition coefficient (Wildman–Crippen LogP) is 0.973. The highest BCUT2D eigenvalue weighted by Crippen LogP contribution is 2.42. The van der Waals surface area contributed by atoms with E-state index >= 15 is 0 Å². The van der Waals surface area contributed by atoms with Gasteiger partial charge in [0, 0.05) is 24.1 Å². The molecule has 0 spiro atoms. The van der Waals surface area contributed by atoms with Crippen LogP contribution in [-0.4, -0.2) is 23.4 Å². The number of aliphatic hydroxyl groups is 1. The molecule has 0 saturated carbocycles. The topological polar surface area (TPSA) is 75.7 Å². The molecule has 1 aromatic rings. The molecular formula is C10H12ClNO3. The monoisotopic (exact) mass is 229 g/mol. The highest BCUT2D eigenvalue weighted by atomic mass is 35.5. The second-order valence-corrected chi connectivity index (χ2v) is 3.83. The quantitative estimate of drug-likeness (QED) is 0.707. The van der Waals surface area contributed by atoms with Gasteiger partial charge in [-0.15, -0.1) is 0 Å². The first-order valence-corrected chi connectivity index (χ1v) is 5.08. The number of phenols is 1. The van der Waals surface area contributed by atoms with E-state index in [0.717, 1.165) is 5.56 Å². The second-order valence-electron chi connectivity index (χ2n) is 3.46. The lowest BCUT2D eigenvalue weighted by molar-refractivity contribution is 0.182. The first-order valence-electron chi connectivity index (χ1n) is 4.70. The van der Waals surface area contributed by atoms with Crippen molar-refractivity contribution < 1.29 is 14.9 Å². The van der Waals surface area contributed by atoms with Crippen molar-refractivity contribution in [2.45, 2.75) is 12.5 Å². The Morgan fingerprint density at radius 1 is 1.60 bits per heavy atom. The number of aliphatic hydroxyl groups excluding tert-OH is 1. The summed E-state index contributed by atoms with van der Waals surface area (Å²) in [5.74, 6) is 0.527. The average Bonchev–Trinajstić information content (AvgIpc) is 2.70. The van der Waals surface area contributed by atoms with Gasteiger partial charge in [0.1, 0.15) is 11.5 Å². The van der Waals surface area contributed by atoms with Crippen LogP contribution >= 0.6 is 11.6 Å². The van der Waals surface area contributed by atoms with Crippen LogP contribution in [0.1, 0.15) is 17.2 Å². The van der Waals surface area contributed by atoms with E-state index in [0.29, 0.717) is 24.3 Å². The van der Waals surface area contributed by atoms with Crippen LogP contribution in [0.4, 0.5) is 0 Å². The number of rotatable bonds is 2. The Balaban J connectivity index is 2.54. The maximum Gasteiger partial charge on any atom is 0.140 e. The van der Waals surface area contributed by atoms with Gasteiger partial charge in [0.2, 0.25) is 0 Å². The SMILES string of the molecule is NCC(O)c1cc2c(c(Cl)c1O)CCO2. The van der Waals surface area contributed by atoms with Gasteiger partial charge in [0.25, 0.3) is 0 Å². The van der Waals surface area contributed by atoms with E-state index in [4.69, 9.17) is 22.1 Å². The minimum absolute atomic E-state index is 0.0304. The van der Waals surface area contributed by atoms with Gasteiger partial charge in [-0.25, -0.2) is 0 Å². The number of fused-ring (bicyclic) bond motifs is 1. The lowest BCUT2D eigenvalue weighted by Crippen LogP contribution is -2.12. The first-order chi connectivity index (χ1) is 7.15. The molecule has 82 valence electrons. The molecule has 0 aliphatic carbocycles. The third-order valence-corrected chi connectivity index (χ3v) is 2.93. The van der Waals surface area contributed by atoms with Crippen LogP contribution in [0.3, 0.4) is 0 Å². The minimum Gasteiger partial charge on any atom is -0.506 e. The summed E-state index contributed by atoms with van der Waals surface area (Å²) in [6.45, 7) is 0.583. The summed E-state index contributed by atoms with van der Waals surface area (Å²) in [6.07, 6.45) is -0.238. The molecule has 1 heterocycles. The Morgan fingerprint density at radius 2 is 2.33 bits per heavy atom. The predicted molar refractivity (Wildman–Crippen MR) is 56.3 cm³/mol. The molecule has 1 atom stereocenters. The van der Waals surface area contributed by atoms with E-state index in [1.165, 1.54) is 0 Å². The van der Waals surface area contributed by atoms with E-state index in [9.17, 15) is 10.2 Å². The summed E-state index contributed by atoms with van der Waals surface area (Å²) in [5, 5.41) is 19.6. The number of nitrogens with two attached hydrogens (primary N) is 1. The van der Waals surface area contributed by atoms with E-state index in [1.807, 2.05) is 0 Å². The molecule has 15 heavy (non-hydrogen) atoms. The fraction of sp³-hybridized carbons (Fsp3) is 0.400. The lowest BCUT2D eigenvalue weighted by atomic mass is 10.0. The van der Waals surface area contributed by atoms with Gasteiger partial charge in [0.05, 0.1) is 17.7 Å². The molecule has 0 amide bonds. The smallest absolute Gasteiger partial charge is 0.140 e. The molecule has 0 aromatic heterocycles. The number of halogens is 1. The Bertz CT molecular complexity index is 395. The largest absolute Gasteiger partial charge is 0.506 e. The van der Waals surface area contributed by atoms with Gasteiger partial charge < -0.3 is 20.7 Å². The van der Waals surface area contributed by atoms with E-state index in [-0.39, 0.29) is 17.3 Å². The van der Waals surface area contributed by atoms with Crippen molar-refractivity contribution in [3.8, 4) is 11.5 Å². The van der Waals surface area contributed by atoms with Crippen molar-refractivity contribution in [2.24, 2.45) is 5.73 Å². The van der Waals surface area contributed by atoms with Crippen LogP contribution < -0.4 is 10.5 Å². The summed E-state index contributed by atoms with van der Waals surface area (Å²) in [5.41, 5.74) is 6.44. The molecule has 4 nitrogen and oxygen atoms in total. The molecule has 0 bridgehead atoms. The highest BCUT2D eigenvalue weighted by molar-refractivity contribution is 6.33. The molecule has 1 aliphatic rings. The van der Waals surface area contributed by atoms with Crippen molar-refractivity contribution in [1.29, 1.82) is 0 Å². The molecule has 0 radical (unpaired) electrons. The van der Waals surface area contributed by atoms with Gasteiger partial charge in [-0.1, -0.05) is 11.6 Å². The van der Waals surface area contributed by atoms with E-state index in [2.05, 4.69) is 0 Å². The Kier molecular flexibility index (Phi) is 2.73. The van der Waals surface area contributed by atoms with Crippen molar-refractivity contribution in [2.75, 3.05) is 13.2 Å². The zero-order valence-corrected chi connectivity index (χ0v) is 8.79. The van der Waals surface area contributed by atoms with Gasteiger partial charge >= 0.3 is 0 Å². The van der Waals surface area contributed by atoms with Gasteiger partial charge in [-0.3, -0.25) is 0 Å². The Labute approximate surface area is 92.2 Å². The maximum atomic E-state index is 9.76. The maximum absolute atomic E-state index is 9.76. The zero-order chi connectivity index (χ0) is 11.0. The molecule has 0 saturated heterocycles. The molecule has 1 aromatic carbocycles. The number of aromatic hydroxyl groups is 1. The average molecular weight is 230 g/mol. The third kappa shape index (κ3) is 1.65. The number of hydrogen-bond donors (Lipinski definition) is 3. The van der Waals surface area contributed by atoms with Crippen LogP contribution in [0, 0.1) is 0 Å².